The lowest BCUT2D eigenvalue weighted by atomic mass is 10.00. The Labute approximate surface area is 246 Å². The van der Waals surface area contributed by atoms with Crippen molar-refractivity contribution < 1.29 is 9.59 Å². The molecule has 40 heavy (non-hydrogen) atoms. The molecule has 2 heterocycles. The van der Waals surface area contributed by atoms with Crippen LogP contribution in [0.1, 0.15) is 60.5 Å². The molecule has 1 fully saturated rings. The number of nitrogens with zero attached hydrogens (tertiary/aromatic N) is 2. The van der Waals surface area contributed by atoms with Crippen LogP contribution in [0.4, 0.5) is 5.69 Å². The first kappa shape index (κ1) is 28.5. The Morgan fingerprint density at radius 3 is 2.70 bits per heavy atom. The third-order valence-corrected chi connectivity index (χ3v) is 8.97. The van der Waals surface area contributed by atoms with E-state index in [1.807, 2.05) is 78.9 Å². The van der Waals surface area contributed by atoms with Gasteiger partial charge in [0.2, 0.25) is 0 Å². The molecule has 2 aliphatic heterocycles. The quantitative estimate of drug-likeness (QED) is 0.214. The van der Waals surface area contributed by atoms with Crippen LogP contribution in [0.25, 0.3) is 6.08 Å². The number of anilines is 1. The van der Waals surface area contributed by atoms with Gasteiger partial charge < -0.3 is 15.1 Å². The third-order valence-electron chi connectivity index (χ3n) is 7.66. The highest BCUT2D eigenvalue weighted by molar-refractivity contribution is 8.04. The molecular formula is C33H36ClN3O2S. The van der Waals surface area contributed by atoms with Crippen molar-refractivity contribution in [3.05, 3.63) is 99.4 Å². The molecule has 0 radical (unpaired) electrons. The van der Waals surface area contributed by atoms with Gasteiger partial charge in [-0.3, -0.25) is 9.59 Å². The van der Waals surface area contributed by atoms with Gasteiger partial charge in [0.1, 0.15) is 0 Å². The molecule has 5 rings (SSSR count). The minimum atomic E-state index is -0.0605. The number of carbonyl (C=O) groups excluding carboxylic acids is 2. The van der Waals surface area contributed by atoms with Crippen molar-refractivity contribution >= 4 is 46.9 Å². The Hall–Kier alpha value is -3.06. The summed E-state index contributed by atoms with van der Waals surface area (Å²) >= 11 is 7.67. The number of thioether (sulfide) groups is 1. The van der Waals surface area contributed by atoms with Crippen LogP contribution < -0.4 is 10.2 Å². The number of rotatable bonds is 9. The Kier molecular flexibility index (Phi) is 9.63. The molecule has 2 amide bonds. The Morgan fingerprint density at radius 2 is 1.90 bits per heavy atom. The van der Waals surface area contributed by atoms with Crippen LogP contribution in [0.2, 0.25) is 5.02 Å². The van der Waals surface area contributed by atoms with E-state index >= 15 is 0 Å². The Balaban J connectivity index is 1.22. The minimum absolute atomic E-state index is 0.0514. The van der Waals surface area contributed by atoms with Crippen LogP contribution in [-0.4, -0.2) is 42.4 Å². The van der Waals surface area contributed by atoms with Gasteiger partial charge in [-0.05, 0) is 85.8 Å². The molecule has 0 saturated carbocycles. The molecule has 7 heteroatoms. The van der Waals surface area contributed by atoms with Crippen molar-refractivity contribution in [2.24, 2.45) is 0 Å². The molecule has 1 saturated heterocycles. The first-order valence-electron chi connectivity index (χ1n) is 14.2. The zero-order valence-corrected chi connectivity index (χ0v) is 24.5. The maximum Gasteiger partial charge on any atom is 0.265 e. The van der Waals surface area contributed by atoms with Gasteiger partial charge in [-0.15, -0.1) is 0 Å². The predicted molar refractivity (Wildman–Crippen MR) is 166 cm³/mol. The third kappa shape index (κ3) is 6.98. The van der Waals surface area contributed by atoms with Gasteiger partial charge >= 0.3 is 0 Å². The number of fused-ring (bicyclic) bond motifs is 1. The van der Waals surface area contributed by atoms with Crippen LogP contribution >= 0.6 is 23.4 Å². The van der Waals surface area contributed by atoms with Crippen molar-refractivity contribution in [2.75, 3.05) is 24.5 Å². The van der Waals surface area contributed by atoms with Gasteiger partial charge in [0, 0.05) is 34.6 Å². The summed E-state index contributed by atoms with van der Waals surface area (Å²) in [7, 11) is 0. The van der Waals surface area contributed by atoms with E-state index in [4.69, 9.17) is 11.6 Å². The van der Waals surface area contributed by atoms with Crippen LogP contribution in [0, 0.1) is 0 Å². The summed E-state index contributed by atoms with van der Waals surface area (Å²) in [4.78, 5) is 32.4. The Bertz CT molecular complexity index is 1370. The second-order valence-corrected chi connectivity index (χ2v) is 11.9. The van der Waals surface area contributed by atoms with Gasteiger partial charge in [0.25, 0.3) is 11.8 Å². The first-order valence-corrected chi connectivity index (χ1v) is 15.4. The number of halogens is 1. The van der Waals surface area contributed by atoms with Crippen molar-refractivity contribution in [2.45, 2.75) is 56.5 Å². The highest BCUT2D eigenvalue weighted by atomic mass is 35.5. The normalized spacial score (nSPS) is 18.6. The summed E-state index contributed by atoms with van der Waals surface area (Å²) in [5.74, 6) is -0.112. The zero-order valence-electron chi connectivity index (χ0n) is 22.9. The standard InChI is InChI=1S/C33H36ClN3O2S/c1-2-28-11-5-6-19-36(28)20-8-18-35-32(38)26-16-14-24(15-17-26)22-31-33(39)37(23-25-9-7-10-27(34)21-25)29-12-3-4-13-30(29)40-31/h3-4,7,9-10,12-17,21-22,28H,2,5-6,8,11,18-20,23H2,1H3,(H,35,38)/b31-22+/t28-/m0/s1. The molecule has 208 valence electrons. The lowest BCUT2D eigenvalue weighted by Gasteiger charge is -2.35. The van der Waals surface area contributed by atoms with Crippen molar-refractivity contribution in [1.82, 2.24) is 10.2 Å². The average Bonchev–Trinajstić information content (AvgIpc) is 2.98. The summed E-state index contributed by atoms with van der Waals surface area (Å²) in [6.07, 6.45) is 7.96. The second kappa shape index (κ2) is 13.5. The number of para-hydroxylation sites is 1. The summed E-state index contributed by atoms with van der Waals surface area (Å²) in [5, 5.41) is 3.72. The molecule has 3 aromatic carbocycles. The second-order valence-electron chi connectivity index (χ2n) is 10.4. The largest absolute Gasteiger partial charge is 0.352 e. The molecule has 0 bridgehead atoms. The van der Waals surface area contributed by atoms with Gasteiger partial charge in [-0.25, -0.2) is 0 Å². The van der Waals surface area contributed by atoms with E-state index in [1.54, 1.807) is 4.90 Å². The SMILES string of the molecule is CC[C@H]1CCCCN1CCCNC(=O)c1ccc(/C=C2/Sc3ccccc3N(Cc3cccc(Cl)c3)C2=O)cc1. The predicted octanol–water partition coefficient (Wildman–Crippen LogP) is 7.40. The fourth-order valence-corrected chi connectivity index (χ4v) is 6.79. The summed E-state index contributed by atoms with van der Waals surface area (Å²) < 4.78 is 0. The number of hydrogen-bond acceptors (Lipinski definition) is 4. The van der Waals surface area contributed by atoms with Gasteiger partial charge in [0.15, 0.2) is 0 Å². The molecule has 1 N–H and O–H groups in total. The van der Waals surface area contributed by atoms with E-state index in [0.717, 1.165) is 34.7 Å². The maximum atomic E-state index is 13.6. The van der Waals surface area contributed by atoms with Gasteiger partial charge in [-0.2, -0.15) is 0 Å². The van der Waals surface area contributed by atoms with Crippen LogP contribution in [0.5, 0.6) is 0 Å². The van der Waals surface area contributed by atoms with Crippen molar-refractivity contribution in [3.8, 4) is 0 Å². The van der Waals surface area contributed by atoms with Gasteiger partial charge in [0.05, 0.1) is 17.1 Å². The van der Waals surface area contributed by atoms with Crippen LogP contribution in [-0.2, 0) is 11.3 Å². The molecule has 3 aromatic rings. The van der Waals surface area contributed by atoms with E-state index in [0.29, 0.717) is 34.6 Å². The lowest BCUT2D eigenvalue weighted by Crippen LogP contribution is -2.40. The van der Waals surface area contributed by atoms with E-state index < -0.39 is 0 Å². The van der Waals surface area contributed by atoms with Crippen molar-refractivity contribution in [1.29, 1.82) is 0 Å². The highest BCUT2D eigenvalue weighted by Crippen LogP contribution is 2.42. The summed E-state index contributed by atoms with van der Waals surface area (Å²) in [6, 6.07) is 23.7. The number of nitrogens with one attached hydrogen (secondary N) is 1. The molecule has 0 spiro atoms. The molecule has 1 atom stereocenters. The smallest absolute Gasteiger partial charge is 0.265 e. The maximum absolute atomic E-state index is 13.6. The molecule has 5 nitrogen and oxygen atoms in total. The average molecular weight is 574 g/mol. The number of piperidine rings is 1. The molecule has 0 unspecified atom stereocenters. The van der Waals surface area contributed by atoms with Crippen LogP contribution in [0.3, 0.4) is 0 Å². The van der Waals surface area contributed by atoms with E-state index in [9.17, 15) is 9.59 Å². The monoisotopic (exact) mass is 573 g/mol. The fraction of sp³-hybridized carbons (Fsp3) is 0.333. The summed E-state index contributed by atoms with van der Waals surface area (Å²) in [6.45, 7) is 5.58. The Morgan fingerprint density at radius 1 is 1.07 bits per heavy atom. The number of likely N-dealkylation sites (tertiary alicyclic amines) is 1. The van der Waals surface area contributed by atoms with Crippen molar-refractivity contribution in [3.63, 3.8) is 0 Å². The number of hydrogen-bond donors (Lipinski definition) is 1. The zero-order chi connectivity index (χ0) is 27.9. The number of amides is 2. The molecular weight excluding hydrogens is 538 g/mol. The molecule has 0 aromatic heterocycles. The first-order chi connectivity index (χ1) is 19.5. The minimum Gasteiger partial charge on any atom is -0.352 e. The van der Waals surface area contributed by atoms with Gasteiger partial charge in [-0.1, -0.05) is 73.1 Å². The summed E-state index contributed by atoms with van der Waals surface area (Å²) in [5.41, 5.74) is 3.37. The van der Waals surface area contributed by atoms with E-state index in [-0.39, 0.29) is 11.8 Å². The molecule has 0 aliphatic carbocycles. The molecule has 2 aliphatic rings. The number of benzene rings is 3. The van der Waals surface area contributed by atoms with E-state index in [1.165, 1.54) is 44.0 Å². The number of carbonyl (C=O) groups is 2. The van der Waals surface area contributed by atoms with E-state index in [2.05, 4.69) is 17.1 Å². The lowest BCUT2D eigenvalue weighted by molar-refractivity contribution is -0.114. The fourth-order valence-electron chi connectivity index (χ4n) is 5.52. The topological polar surface area (TPSA) is 52.7 Å². The van der Waals surface area contributed by atoms with Crippen LogP contribution in [0.15, 0.2) is 82.6 Å². The highest BCUT2D eigenvalue weighted by Gasteiger charge is 2.29.